The number of aromatic nitrogens is 1. The molecule has 1 amide bonds. The SMILES string of the molecule is CC(C)(CNC(=O)[C@@H](N)C1CCC(C(O)Nc2ccncc2)CC1)c1ccc(Cl)cc1. The van der Waals surface area contributed by atoms with Crippen LogP contribution in [0, 0.1) is 11.8 Å². The van der Waals surface area contributed by atoms with E-state index in [0.29, 0.717) is 11.6 Å². The Labute approximate surface area is 189 Å². The van der Waals surface area contributed by atoms with Crippen molar-refractivity contribution in [2.75, 3.05) is 11.9 Å². The second-order valence-electron chi connectivity index (χ2n) is 9.13. The van der Waals surface area contributed by atoms with Crippen LogP contribution in [0.25, 0.3) is 0 Å². The zero-order chi connectivity index (χ0) is 22.4. The molecule has 3 rings (SSSR count). The monoisotopic (exact) mass is 444 g/mol. The van der Waals surface area contributed by atoms with Crippen molar-refractivity contribution in [1.82, 2.24) is 10.3 Å². The van der Waals surface area contributed by atoms with Crippen molar-refractivity contribution in [3.63, 3.8) is 0 Å². The van der Waals surface area contributed by atoms with Gasteiger partial charge in [-0.1, -0.05) is 37.6 Å². The van der Waals surface area contributed by atoms with E-state index < -0.39 is 12.3 Å². The van der Waals surface area contributed by atoms with Gasteiger partial charge in [-0.05, 0) is 61.4 Å². The molecular formula is C24H33ClN4O2. The zero-order valence-electron chi connectivity index (χ0n) is 18.2. The third kappa shape index (κ3) is 6.42. The summed E-state index contributed by atoms with van der Waals surface area (Å²) in [6, 6.07) is 10.8. The lowest BCUT2D eigenvalue weighted by Crippen LogP contribution is -2.49. The highest BCUT2D eigenvalue weighted by Gasteiger charge is 2.33. The van der Waals surface area contributed by atoms with Crippen molar-refractivity contribution in [3.05, 3.63) is 59.4 Å². The molecule has 0 aliphatic heterocycles. The first-order valence-electron chi connectivity index (χ1n) is 10.9. The first-order chi connectivity index (χ1) is 14.8. The quantitative estimate of drug-likeness (QED) is 0.465. The third-order valence-corrected chi connectivity index (χ3v) is 6.65. The first-order valence-corrected chi connectivity index (χ1v) is 11.3. The molecule has 1 aromatic carbocycles. The normalized spacial score (nSPS) is 21.2. The van der Waals surface area contributed by atoms with Crippen LogP contribution in [0.4, 0.5) is 5.69 Å². The third-order valence-electron chi connectivity index (χ3n) is 6.40. The molecule has 2 aromatic rings. The van der Waals surface area contributed by atoms with E-state index in [9.17, 15) is 9.90 Å². The van der Waals surface area contributed by atoms with Crippen LogP contribution in [0.1, 0.15) is 45.1 Å². The highest BCUT2D eigenvalue weighted by Crippen LogP contribution is 2.33. The molecule has 1 aliphatic rings. The Morgan fingerprint density at radius 1 is 1.13 bits per heavy atom. The molecule has 168 valence electrons. The van der Waals surface area contributed by atoms with E-state index in [0.717, 1.165) is 36.9 Å². The number of benzene rings is 1. The van der Waals surface area contributed by atoms with E-state index in [1.165, 1.54) is 0 Å². The van der Waals surface area contributed by atoms with E-state index in [-0.39, 0.29) is 23.2 Å². The van der Waals surface area contributed by atoms with E-state index in [1.54, 1.807) is 12.4 Å². The van der Waals surface area contributed by atoms with Gasteiger partial charge in [-0.25, -0.2) is 0 Å². The number of rotatable bonds is 8. The van der Waals surface area contributed by atoms with Crippen LogP contribution in [0.15, 0.2) is 48.8 Å². The van der Waals surface area contributed by atoms with Gasteiger partial charge in [-0.2, -0.15) is 0 Å². The summed E-state index contributed by atoms with van der Waals surface area (Å²) < 4.78 is 0. The molecule has 0 bridgehead atoms. The number of carbonyl (C=O) groups excluding carboxylic acids is 1. The molecule has 5 N–H and O–H groups in total. The lowest BCUT2D eigenvalue weighted by atomic mass is 9.77. The van der Waals surface area contributed by atoms with E-state index in [4.69, 9.17) is 17.3 Å². The zero-order valence-corrected chi connectivity index (χ0v) is 19.0. The Kier molecular flexibility index (Phi) is 7.92. The Hall–Kier alpha value is -2.15. The maximum Gasteiger partial charge on any atom is 0.237 e. The molecule has 1 heterocycles. The van der Waals surface area contributed by atoms with Gasteiger partial charge < -0.3 is 21.5 Å². The fourth-order valence-electron chi connectivity index (χ4n) is 4.20. The van der Waals surface area contributed by atoms with E-state index in [1.807, 2.05) is 36.4 Å². The number of hydrogen-bond donors (Lipinski definition) is 4. The first kappa shape index (κ1) is 23.5. The van der Waals surface area contributed by atoms with Crippen LogP contribution in [0.3, 0.4) is 0 Å². The second-order valence-corrected chi connectivity index (χ2v) is 9.57. The molecule has 6 nitrogen and oxygen atoms in total. The van der Waals surface area contributed by atoms with Gasteiger partial charge in [0.2, 0.25) is 5.91 Å². The fraction of sp³-hybridized carbons (Fsp3) is 0.500. The molecule has 1 saturated carbocycles. The second kappa shape index (κ2) is 10.4. The topological polar surface area (TPSA) is 100 Å². The summed E-state index contributed by atoms with van der Waals surface area (Å²) in [7, 11) is 0. The van der Waals surface area contributed by atoms with Crippen LogP contribution >= 0.6 is 11.6 Å². The van der Waals surface area contributed by atoms with Crippen molar-refractivity contribution in [2.24, 2.45) is 17.6 Å². The number of nitrogens with zero attached hydrogens (tertiary/aromatic N) is 1. The highest BCUT2D eigenvalue weighted by molar-refractivity contribution is 6.30. The summed E-state index contributed by atoms with van der Waals surface area (Å²) in [5.74, 6) is 0.160. The maximum absolute atomic E-state index is 12.7. The van der Waals surface area contributed by atoms with Crippen molar-refractivity contribution in [2.45, 2.75) is 57.2 Å². The van der Waals surface area contributed by atoms with Gasteiger partial charge in [0, 0.05) is 41.0 Å². The number of aliphatic hydroxyl groups excluding tert-OH is 1. The van der Waals surface area contributed by atoms with Crippen molar-refractivity contribution in [1.29, 1.82) is 0 Å². The molecule has 1 aliphatic carbocycles. The minimum atomic E-state index is -0.617. The Bertz CT molecular complexity index is 836. The molecule has 1 unspecified atom stereocenters. The minimum Gasteiger partial charge on any atom is -0.374 e. The number of carbonyl (C=O) groups is 1. The molecule has 0 spiro atoms. The number of nitrogens with one attached hydrogen (secondary N) is 2. The number of pyridine rings is 1. The lowest BCUT2D eigenvalue weighted by Gasteiger charge is -2.34. The number of nitrogens with two attached hydrogens (primary N) is 1. The summed E-state index contributed by atoms with van der Waals surface area (Å²) in [6.07, 6.45) is 6.09. The van der Waals surface area contributed by atoms with Crippen LogP contribution in [-0.2, 0) is 10.2 Å². The van der Waals surface area contributed by atoms with Gasteiger partial charge in [0.25, 0.3) is 0 Å². The standard InChI is InChI=1S/C24H33ClN4O2/c1-24(2,18-7-9-19(25)10-8-18)15-28-23(31)21(26)16-3-5-17(6-4-16)22(30)29-20-11-13-27-14-12-20/h7-14,16-17,21-22,30H,3-6,15,26H2,1-2H3,(H,27,29)(H,28,31)/t16?,17?,21-,22?/m0/s1. The van der Waals surface area contributed by atoms with Crippen molar-refractivity contribution in [3.8, 4) is 0 Å². The minimum absolute atomic E-state index is 0.110. The number of amides is 1. The molecular weight excluding hydrogens is 412 g/mol. The highest BCUT2D eigenvalue weighted by atomic mass is 35.5. The predicted molar refractivity (Wildman–Crippen MR) is 125 cm³/mol. The smallest absolute Gasteiger partial charge is 0.237 e. The van der Waals surface area contributed by atoms with Crippen LogP contribution in [0.2, 0.25) is 5.02 Å². The van der Waals surface area contributed by atoms with Gasteiger partial charge in [0.15, 0.2) is 0 Å². The Balaban J connectivity index is 1.45. The van der Waals surface area contributed by atoms with Crippen LogP contribution in [0.5, 0.6) is 0 Å². The van der Waals surface area contributed by atoms with Crippen molar-refractivity contribution >= 4 is 23.2 Å². The van der Waals surface area contributed by atoms with E-state index in [2.05, 4.69) is 29.5 Å². The number of halogens is 1. The molecule has 7 heteroatoms. The molecule has 0 saturated heterocycles. The molecule has 1 fully saturated rings. The number of anilines is 1. The van der Waals surface area contributed by atoms with Gasteiger partial charge in [0.1, 0.15) is 6.23 Å². The van der Waals surface area contributed by atoms with Crippen molar-refractivity contribution < 1.29 is 9.90 Å². The largest absolute Gasteiger partial charge is 0.374 e. The van der Waals surface area contributed by atoms with Crippen LogP contribution < -0.4 is 16.4 Å². The summed E-state index contributed by atoms with van der Waals surface area (Å²) in [5, 5.41) is 17.4. The molecule has 2 atom stereocenters. The lowest BCUT2D eigenvalue weighted by molar-refractivity contribution is -0.124. The summed E-state index contributed by atoms with van der Waals surface area (Å²) in [4.78, 5) is 16.7. The van der Waals surface area contributed by atoms with Gasteiger partial charge in [0.05, 0.1) is 6.04 Å². The summed E-state index contributed by atoms with van der Waals surface area (Å²) in [5.41, 5.74) is 8.05. The van der Waals surface area contributed by atoms with Gasteiger partial charge >= 0.3 is 0 Å². The number of aliphatic hydroxyl groups is 1. The Morgan fingerprint density at radius 3 is 2.32 bits per heavy atom. The van der Waals surface area contributed by atoms with Gasteiger partial charge in [-0.15, -0.1) is 0 Å². The Morgan fingerprint density at radius 2 is 1.71 bits per heavy atom. The van der Waals surface area contributed by atoms with E-state index >= 15 is 0 Å². The summed E-state index contributed by atoms with van der Waals surface area (Å²) in [6.45, 7) is 4.68. The average molecular weight is 445 g/mol. The average Bonchev–Trinajstić information content (AvgIpc) is 2.78. The maximum atomic E-state index is 12.7. The van der Waals surface area contributed by atoms with Gasteiger partial charge in [-0.3, -0.25) is 9.78 Å². The molecule has 1 aromatic heterocycles. The summed E-state index contributed by atoms with van der Waals surface area (Å²) >= 11 is 5.98. The van der Waals surface area contributed by atoms with Crippen LogP contribution in [-0.4, -0.2) is 34.8 Å². The number of hydrogen-bond acceptors (Lipinski definition) is 5. The fourth-order valence-corrected chi connectivity index (χ4v) is 4.33. The molecule has 31 heavy (non-hydrogen) atoms. The predicted octanol–water partition coefficient (Wildman–Crippen LogP) is 3.69. The molecule has 0 radical (unpaired) electrons.